The van der Waals surface area contributed by atoms with Crippen molar-refractivity contribution in [3.05, 3.63) is 29.8 Å². The molecular weight excluding hydrogens is 336 g/mol. The number of hydrogen-bond donors (Lipinski definition) is 0. The molecule has 27 heavy (non-hydrogen) atoms. The van der Waals surface area contributed by atoms with Crippen LogP contribution in [-0.4, -0.2) is 60.0 Å². The molecule has 0 saturated carbocycles. The number of benzene rings is 1. The quantitative estimate of drug-likeness (QED) is 0.823. The van der Waals surface area contributed by atoms with E-state index in [1.807, 2.05) is 24.3 Å². The maximum Gasteiger partial charge on any atom is 0.226 e. The summed E-state index contributed by atoms with van der Waals surface area (Å²) in [5.41, 5.74) is 1.83. The standard InChI is InChI=1S/C22H32N4O/c1-16(2)25-14-18(4)26(15-17(25)3)22(27)20-9-11-24(12-10-20)21-7-5-19(13-23)6-8-21/h5-8,16-18,20H,9-12,14-15H2,1-4H3. The Labute approximate surface area is 163 Å². The van der Waals surface area contributed by atoms with Gasteiger partial charge in [0.05, 0.1) is 11.6 Å². The Morgan fingerprint density at radius 3 is 2.26 bits per heavy atom. The van der Waals surface area contributed by atoms with E-state index >= 15 is 0 Å². The van der Waals surface area contributed by atoms with Crippen LogP contribution in [0.5, 0.6) is 0 Å². The van der Waals surface area contributed by atoms with Crippen LogP contribution in [0.2, 0.25) is 0 Å². The van der Waals surface area contributed by atoms with E-state index in [1.165, 1.54) is 0 Å². The van der Waals surface area contributed by atoms with Crippen LogP contribution in [0.25, 0.3) is 0 Å². The first kappa shape index (κ1) is 19.7. The summed E-state index contributed by atoms with van der Waals surface area (Å²) in [7, 11) is 0. The molecule has 2 atom stereocenters. The highest BCUT2D eigenvalue weighted by molar-refractivity contribution is 5.79. The first-order valence-electron chi connectivity index (χ1n) is 10.2. The van der Waals surface area contributed by atoms with Crippen LogP contribution in [0.3, 0.4) is 0 Å². The average molecular weight is 369 g/mol. The Morgan fingerprint density at radius 2 is 1.70 bits per heavy atom. The summed E-state index contributed by atoms with van der Waals surface area (Å²) in [5.74, 6) is 0.483. The smallest absolute Gasteiger partial charge is 0.226 e. The summed E-state index contributed by atoms with van der Waals surface area (Å²) < 4.78 is 0. The van der Waals surface area contributed by atoms with Crippen molar-refractivity contribution in [3.63, 3.8) is 0 Å². The molecule has 146 valence electrons. The third-order valence-corrected chi connectivity index (χ3v) is 6.19. The fourth-order valence-electron chi connectivity index (χ4n) is 4.55. The van der Waals surface area contributed by atoms with Crippen molar-refractivity contribution in [2.45, 2.75) is 58.7 Å². The van der Waals surface area contributed by atoms with Gasteiger partial charge in [-0.2, -0.15) is 5.26 Å². The van der Waals surface area contributed by atoms with Crippen molar-refractivity contribution in [2.24, 2.45) is 5.92 Å². The molecule has 1 aromatic carbocycles. The van der Waals surface area contributed by atoms with Crippen molar-refractivity contribution in [3.8, 4) is 6.07 Å². The number of piperazine rings is 1. The number of rotatable bonds is 3. The lowest BCUT2D eigenvalue weighted by atomic mass is 9.93. The minimum Gasteiger partial charge on any atom is -0.371 e. The summed E-state index contributed by atoms with van der Waals surface area (Å²) in [6, 6.07) is 11.1. The number of amides is 1. The second-order valence-electron chi connectivity index (χ2n) is 8.40. The zero-order chi connectivity index (χ0) is 19.6. The Balaban J connectivity index is 1.57. The van der Waals surface area contributed by atoms with Gasteiger partial charge in [-0.3, -0.25) is 9.69 Å². The Kier molecular flexibility index (Phi) is 6.06. The topological polar surface area (TPSA) is 50.6 Å². The zero-order valence-electron chi connectivity index (χ0n) is 17.1. The molecule has 2 heterocycles. The molecule has 5 nitrogen and oxygen atoms in total. The molecule has 0 spiro atoms. The van der Waals surface area contributed by atoms with Gasteiger partial charge in [-0.25, -0.2) is 0 Å². The lowest BCUT2D eigenvalue weighted by Gasteiger charge is -2.47. The van der Waals surface area contributed by atoms with E-state index < -0.39 is 0 Å². The highest BCUT2D eigenvalue weighted by Crippen LogP contribution is 2.27. The molecule has 1 aromatic rings. The van der Waals surface area contributed by atoms with E-state index in [4.69, 9.17) is 5.26 Å². The van der Waals surface area contributed by atoms with Crippen LogP contribution in [0, 0.1) is 17.2 Å². The second kappa shape index (κ2) is 8.31. The summed E-state index contributed by atoms with van der Waals surface area (Å²) in [5, 5.41) is 8.94. The summed E-state index contributed by atoms with van der Waals surface area (Å²) in [6.45, 7) is 12.5. The van der Waals surface area contributed by atoms with Gasteiger partial charge in [-0.1, -0.05) is 0 Å². The predicted molar refractivity (Wildman–Crippen MR) is 109 cm³/mol. The van der Waals surface area contributed by atoms with Crippen LogP contribution in [0.4, 0.5) is 5.69 Å². The summed E-state index contributed by atoms with van der Waals surface area (Å²) >= 11 is 0. The van der Waals surface area contributed by atoms with Gasteiger partial charge in [0.2, 0.25) is 5.91 Å². The zero-order valence-corrected chi connectivity index (χ0v) is 17.1. The Bertz CT molecular complexity index is 685. The van der Waals surface area contributed by atoms with Crippen LogP contribution in [0.1, 0.15) is 46.1 Å². The van der Waals surface area contributed by atoms with Gasteiger partial charge in [0, 0.05) is 55.9 Å². The molecule has 2 unspecified atom stereocenters. The molecule has 5 heteroatoms. The third kappa shape index (κ3) is 4.27. The Hall–Kier alpha value is -2.06. The lowest BCUT2D eigenvalue weighted by molar-refractivity contribution is -0.142. The number of anilines is 1. The van der Waals surface area contributed by atoms with Crippen molar-refractivity contribution in [1.29, 1.82) is 5.26 Å². The fourth-order valence-corrected chi connectivity index (χ4v) is 4.55. The summed E-state index contributed by atoms with van der Waals surface area (Å²) in [6.07, 6.45) is 1.81. The van der Waals surface area contributed by atoms with Gasteiger partial charge in [-0.05, 0) is 64.8 Å². The second-order valence-corrected chi connectivity index (χ2v) is 8.40. The van der Waals surface area contributed by atoms with Crippen molar-refractivity contribution in [1.82, 2.24) is 9.80 Å². The van der Waals surface area contributed by atoms with Crippen LogP contribution >= 0.6 is 0 Å². The molecule has 2 saturated heterocycles. The number of nitrogens with zero attached hydrogens (tertiary/aromatic N) is 4. The number of nitriles is 1. The monoisotopic (exact) mass is 368 g/mol. The SMILES string of the molecule is CC1CN(C(C)C)C(C)CN1C(=O)C1CCN(c2ccc(C#N)cc2)CC1. The van der Waals surface area contributed by atoms with Crippen LogP contribution in [-0.2, 0) is 4.79 Å². The lowest BCUT2D eigenvalue weighted by Crippen LogP contribution is -2.60. The van der Waals surface area contributed by atoms with E-state index in [9.17, 15) is 4.79 Å². The van der Waals surface area contributed by atoms with Gasteiger partial charge in [-0.15, -0.1) is 0 Å². The van der Waals surface area contributed by atoms with Gasteiger partial charge < -0.3 is 9.80 Å². The number of carbonyl (C=O) groups excluding carboxylic acids is 1. The average Bonchev–Trinajstić information content (AvgIpc) is 2.69. The highest BCUT2D eigenvalue weighted by Gasteiger charge is 2.36. The predicted octanol–water partition coefficient (Wildman–Crippen LogP) is 3.10. The van der Waals surface area contributed by atoms with Crippen molar-refractivity contribution in [2.75, 3.05) is 31.1 Å². The van der Waals surface area contributed by atoms with Crippen molar-refractivity contribution >= 4 is 11.6 Å². The van der Waals surface area contributed by atoms with E-state index in [1.54, 1.807) is 0 Å². The molecule has 1 amide bonds. The van der Waals surface area contributed by atoms with Gasteiger partial charge in [0.1, 0.15) is 0 Å². The molecule has 0 aliphatic carbocycles. The van der Waals surface area contributed by atoms with E-state index in [2.05, 4.69) is 48.5 Å². The first-order valence-corrected chi connectivity index (χ1v) is 10.2. The fraction of sp³-hybridized carbons (Fsp3) is 0.636. The molecule has 2 fully saturated rings. The maximum absolute atomic E-state index is 13.2. The first-order chi connectivity index (χ1) is 12.9. The minimum absolute atomic E-state index is 0.139. The molecule has 0 bridgehead atoms. The van der Waals surface area contributed by atoms with Gasteiger partial charge >= 0.3 is 0 Å². The van der Waals surface area contributed by atoms with Crippen LogP contribution < -0.4 is 4.90 Å². The molecule has 3 rings (SSSR count). The van der Waals surface area contributed by atoms with E-state index in [0.717, 1.165) is 44.7 Å². The molecule has 2 aliphatic heterocycles. The molecule has 2 aliphatic rings. The minimum atomic E-state index is 0.139. The van der Waals surface area contributed by atoms with Gasteiger partial charge in [0.25, 0.3) is 0 Å². The number of piperidine rings is 1. The molecule has 0 N–H and O–H groups in total. The number of hydrogen-bond acceptors (Lipinski definition) is 4. The maximum atomic E-state index is 13.2. The normalized spacial score (nSPS) is 24.9. The van der Waals surface area contributed by atoms with Crippen molar-refractivity contribution < 1.29 is 4.79 Å². The van der Waals surface area contributed by atoms with Crippen LogP contribution in [0.15, 0.2) is 24.3 Å². The number of carbonyl (C=O) groups is 1. The van der Waals surface area contributed by atoms with E-state index in [0.29, 0.717) is 23.6 Å². The highest BCUT2D eigenvalue weighted by atomic mass is 16.2. The molecule has 0 aromatic heterocycles. The van der Waals surface area contributed by atoms with Gasteiger partial charge in [0.15, 0.2) is 0 Å². The third-order valence-electron chi connectivity index (χ3n) is 6.19. The summed E-state index contributed by atoms with van der Waals surface area (Å²) in [4.78, 5) is 20.1. The Morgan fingerprint density at radius 1 is 1.07 bits per heavy atom. The van der Waals surface area contributed by atoms with E-state index in [-0.39, 0.29) is 12.0 Å². The molecule has 0 radical (unpaired) electrons. The molecular formula is C22H32N4O. The largest absolute Gasteiger partial charge is 0.371 e.